The lowest BCUT2D eigenvalue weighted by atomic mass is 10.3. The van der Waals surface area contributed by atoms with Crippen LogP contribution in [0.2, 0.25) is 0 Å². The second-order valence-electron chi connectivity index (χ2n) is 4.87. The second-order valence-corrected chi connectivity index (χ2v) is 5.84. The zero-order valence-corrected chi connectivity index (χ0v) is 13.6. The molecule has 9 heteroatoms. The van der Waals surface area contributed by atoms with Crippen molar-refractivity contribution in [1.29, 1.82) is 0 Å². The van der Waals surface area contributed by atoms with Gasteiger partial charge >= 0.3 is 0 Å². The number of amides is 1. The number of ether oxygens (including phenoxy) is 1. The number of pyridine rings is 1. The Hall–Kier alpha value is -2.94. The Morgan fingerprint density at radius 1 is 1.46 bits per heavy atom. The van der Waals surface area contributed by atoms with Gasteiger partial charge in [0, 0.05) is 17.8 Å². The minimum absolute atomic E-state index is 0.00904. The maximum absolute atomic E-state index is 12.1. The topological polar surface area (TPSA) is 126 Å². The number of aromatic hydroxyl groups is 1. The first-order chi connectivity index (χ1) is 11.6. The zero-order valence-electron chi connectivity index (χ0n) is 12.7. The number of rotatable bonds is 5. The van der Waals surface area contributed by atoms with Gasteiger partial charge in [0.05, 0.1) is 24.7 Å². The molecule has 0 atom stereocenters. The number of benzene rings is 1. The maximum Gasteiger partial charge on any atom is 0.234 e. The molecule has 1 aromatic carbocycles. The first-order valence-corrected chi connectivity index (χ1v) is 7.94. The minimum Gasteiger partial charge on any atom is -0.504 e. The molecule has 0 aliphatic heterocycles. The van der Waals surface area contributed by atoms with Crippen molar-refractivity contribution in [2.24, 2.45) is 0 Å². The number of phenols is 1. The van der Waals surface area contributed by atoms with Crippen LogP contribution in [0.4, 0.5) is 11.5 Å². The molecule has 3 aromatic rings. The molecule has 2 heterocycles. The summed E-state index contributed by atoms with van der Waals surface area (Å²) in [5, 5.41) is 12.9. The van der Waals surface area contributed by atoms with E-state index in [2.05, 4.69) is 20.3 Å². The highest BCUT2D eigenvalue weighted by Gasteiger charge is 2.11. The van der Waals surface area contributed by atoms with E-state index in [1.165, 1.54) is 24.9 Å². The van der Waals surface area contributed by atoms with E-state index < -0.39 is 0 Å². The molecule has 0 fully saturated rings. The van der Waals surface area contributed by atoms with E-state index in [-0.39, 0.29) is 23.2 Å². The van der Waals surface area contributed by atoms with Crippen molar-refractivity contribution in [2.75, 3.05) is 23.9 Å². The summed E-state index contributed by atoms with van der Waals surface area (Å²) in [5.74, 6) is 0.575. The number of nitrogens with zero attached hydrogens (tertiary/aromatic N) is 2. The molecule has 0 saturated carbocycles. The fraction of sp³-hybridized carbons (Fsp3) is 0.133. The molecule has 8 nitrogen and oxygen atoms in total. The average molecular weight is 345 g/mol. The molecule has 0 radical (unpaired) electrons. The number of aromatic nitrogens is 3. The lowest BCUT2D eigenvalue weighted by Gasteiger charge is -2.08. The van der Waals surface area contributed by atoms with Gasteiger partial charge in [-0.25, -0.2) is 9.97 Å². The van der Waals surface area contributed by atoms with Crippen LogP contribution < -0.4 is 15.8 Å². The maximum atomic E-state index is 12.1. The number of thioether (sulfide) groups is 1. The molecule has 124 valence electrons. The van der Waals surface area contributed by atoms with Gasteiger partial charge in [-0.15, -0.1) is 0 Å². The summed E-state index contributed by atoms with van der Waals surface area (Å²) >= 11 is 1.24. The van der Waals surface area contributed by atoms with Crippen LogP contribution in [-0.4, -0.2) is 38.8 Å². The summed E-state index contributed by atoms with van der Waals surface area (Å²) in [5.41, 5.74) is 7.72. The van der Waals surface area contributed by atoms with Crippen LogP contribution in [0.3, 0.4) is 0 Å². The molecule has 0 saturated heterocycles. The van der Waals surface area contributed by atoms with Gasteiger partial charge in [0.2, 0.25) is 5.91 Å². The van der Waals surface area contributed by atoms with Crippen LogP contribution in [0, 0.1) is 0 Å². The van der Waals surface area contributed by atoms with Crippen LogP contribution in [-0.2, 0) is 4.79 Å². The number of H-pyrrole nitrogens is 1. The molecular formula is C15H15N5O3S. The first kappa shape index (κ1) is 15.9. The molecule has 0 bridgehead atoms. The number of fused-ring (bicyclic) bond motifs is 1. The van der Waals surface area contributed by atoms with Crippen molar-refractivity contribution < 1.29 is 14.6 Å². The molecular weight excluding hydrogens is 330 g/mol. The standard InChI is InChI=1S/C15H15N5O3S/c1-23-11-4-8(2-3-10(11)21)19-13(22)6-24-15-14-9(17-7-18-14)5-12(16)20-15/h2-5,7,21H,6H2,1H3,(H2,16,20)(H,17,18)(H,19,22). The smallest absolute Gasteiger partial charge is 0.234 e. The summed E-state index contributed by atoms with van der Waals surface area (Å²) in [7, 11) is 1.44. The van der Waals surface area contributed by atoms with Crippen molar-refractivity contribution in [3.8, 4) is 11.5 Å². The summed E-state index contributed by atoms with van der Waals surface area (Å²) in [4.78, 5) is 23.5. The minimum atomic E-state index is -0.222. The number of carbonyl (C=O) groups excluding carboxylic acids is 1. The molecule has 0 aliphatic carbocycles. The number of phenolic OH excluding ortho intramolecular Hbond substituents is 1. The number of aromatic amines is 1. The highest BCUT2D eigenvalue weighted by Crippen LogP contribution is 2.29. The molecule has 0 spiro atoms. The Kier molecular flexibility index (Phi) is 4.43. The third kappa shape index (κ3) is 3.35. The van der Waals surface area contributed by atoms with Gasteiger partial charge in [0.1, 0.15) is 16.4 Å². The number of nitrogen functional groups attached to an aromatic ring is 1. The Balaban J connectivity index is 1.68. The summed E-state index contributed by atoms with van der Waals surface area (Å²) in [6.45, 7) is 0. The largest absolute Gasteiger partial charge is 0.504 e. The van der Waals surface area contributed by atoms with Crippen molar-refractivity contribution in [1.82, 2.24) is 15.0 Å². The van der Waals surface area contributed by atoms with Crippen molar-refractivity contribution in [3.63, 3.8) is 0 Å². The van der Waals surface area contributed by atoms with E-state index in [9.17, 15) is 9.90 Å². The molecule has 24 heavy (non-hydrogen) atoms. The van der Waals surface area contributed by atoms with Gasteiger partial charge in [0.15, 0.2) is 11.5 Å². The van der Waals surface area contributed by atoms with E-state index in [4.69, 9.17) is 10.5 Å². The van der Waals surface area contributed by atoms with E-state index in [0.717, 1.165) is 5.52 Å². The van der Waals surface area contributed by atoms with E-state index in [1.807, 2.05) is 0 Å². The third-order valence-electron chi connectivity index (χ3n) is 3.20. The van der Waals surface area contributed by atoms with Crippen molar-refractivity contribution in [3.05, 3.63) is 30.6 Å². The van der Waals surface area contributed by atoms with Gasteiger partial charge in [-0.2, -0.15) is 0 Å². The lowest BCUT2D eigenvalue weighted by Crippen LogP contribution is -2.14. The van der Waals surface area contributed by atoms with Crippen LogP contribution in [0.5, 0.6) is 11.5 Å². The van der Waals surface area contributed by atoms with Crippen LogP contribution in [0.25, 0.3) is 11.0 Å². The summed E-state index contributed by atoms with van der Waals surface area (Å²) < 4.78 is 5.01. The van der Waals surface area contributed by atoms with Crippen LogP contribution >= 0.6 is 11.8 Å². The first-order valence-electron chi connectivity index (χ1n) is 6.96. The molecule has 0 unspecified atom stereocenters. The monoisotopic (exact) mass is 345 g/mol. The normalized spacial score (nSPS) is 10.7. The second kappa shape index (κ2) is 6.67. The Bertz CT molecular complexity index is 896. The Morgan fingerprint density at radius 3 is 3.08 bits per heavy atom. The van der Waals surface area contributed by atoms with Crippen molar-refractivity contribution >= 4 is 40.2 Å². The Labute approximate surface area is 141 Å². The van der Waals surface area contributed by atoms with E-state index in [0.29, 0.717) is 22.0 Å². The number of nitrogens with two attached hydrogens (primary N) is 1. The number of imidazole rings is 1. The molecule has 0 aliphatic rings. The number of hydrogen-bond donors (Lipinski definition) is 4. The SMILES string of the molecule is COc1cc(NC(=O)CSc2nc(N)cc3[nH]cnc23)ccc1O. The Morgan fingerprint density at radius 2 is 2.29 bits per heavy atom. The highest BCUT2D eigenvalue weighted by atomic mass is 32.2. The predicted molar refractivity (Wildman–Crippen MR) is 92.3 cm³/mol. The van der Waals surface area contributed by atoms with Crippen LogP contribution in [0.1, 0.15) is 0 Å². The summed E-state index contributed by atoms with van der Waals surface area (Å²) in [6, 6.07) is 6.27. The van der Waals surface area contributed by atoms with Gasteiger partial charge in [-0.05, 0) is 12.1 Å². The molecule has 5 N–H and O–H groups in total. The quantitative estimate of drug-likeness (QED) is 0.411. The number of hydrogen-bond acceptors (Lipinski definition) is 7. The third-order valence-corrected chi connectivity index (χ3v) is 4.16. The molecule has 2 aromatic heterocycles. The molecule has 1 amide bonds. The van der Waals surface area contributed by atoms with E-state index >= 15 is 0 Å². The van der Waals surface area contributed by atoms with Gasteiger partial charge < -0.3 is 25.9 Å². The van der Waals surface area contributed by atoms with Gasteiger partial charge in [-0.3, -0.25) is 4.79 Å². The zero-order chi connectivity index (χ0) is 17.1. The van der Waals surface area contributed by atoms with E-state index in [1.54, 1.807) is 24.5 Å². The van der Waals surface area contributed by atoms with Crippen molar-refractivity contribution in [2.45, 2.75) is 5.03 Å². The van der Waals surface area contributed by atoms with Gasteiger partial charge in [0.25, 0.3) is 0 Å². The fourth-order valence-electron chi connectivity index (χ4n) is 2.12. The fourth-order valence-corrected chi connectivity index (χ4v) is 2.93. The van der Waals surface area contributed by atoms with Crippen LogP contribution in [0.15, 0.2) is 35.6 Å². The predicted octanol–water partition coefficient (Wildman–Crippen LogP) is 1.99. The molecule has 3 rings (SSSR count). The number of carbonyl (C=O) groups is 1. The van der Waals surface area contributed by atoms with Gasteiger partial charge in [-0.1, -0.05) is 11.8 Å². The number of nitrogens with one attached hydrogen (secondary N) is 2. The highest BCUT2D eigenvalue weighted by molar-refractivity contribution is 8.00. The number of anilines is 2. The average Bonchev–Trinajstić information content (AvgIpc) is 3.02. The lowest BCUT2D eigenvalue weighted by molar-refractivity contribution is -0.113. The number of methoxy groups -OCH3 is 1. The summed E-state index contributed by atoms with van der Waals surface area (Å²) in [6.07, 6.45) is 1.55.